The number of carbonyl (C=O) groups excluding carboxylic acids is 1. The van der Waals surface area contributed by atoms with Gasteiger partial charge in [-0.25, -0.2) is 0 Å². The molecule has 0 saturated carbocycles. The van der Waals surface area contributed by atoms with Crippen LogP contribution in [0.25, 0.3) is 10.8 Å². The maximum atomic E-state index is 12.8. The summed E-state index contributed by atoms with van der Waals surface area (Å²) in [6.45, 7) is 7.51. The van der Waals surface area contributed by atoms with Crippen LogP contribution in [0.3, 0.4) is 0 Å². The molecule has 0 heterocycles. The molecule has 0 saturated heterocycles. The number of hydrogen-bond donors (Lipinski definition) is 2. The molecule has 0 aliphatic rings. The minimum Gasteiger partial charge on any atom is -0.691 e. The SMILES string of the molecule is Cc1ccc2c(O)c(N=Nc3ccc(N=Nc4ccc(N=Nc5ccc(C(=O)Nc6ccc(SOO[O-])cc6C)cc5)c(C)c4)c(C)c3)c(SOO[O-])cc2c1.[Na+].[Na+]. The molecular formula is C39H31N7Na2O8S2. The second-order valence-electron chi connectivity index (χ2n) is 12.3. The van der Waals surface area contributed by atoms with Gasteiger partial charge in [0.25, 0.3) is 5.91 Å². The molecule has 6 aromatic carbocycles. The Morgan fingerprint density at radius 3 is 1.81 bits per heavy atom. The molecule has 0 unspecified atom stereocenters. The molecule has 15 nitrogen and oxygen atoms in total. The molecular weight excluding hydrogens is 805 g/mol. The van der Waals surface area contributed by atoms with Crippen molar-refractivity contribution in [3.63, 3.8) is 0 Å². The molecule has 19 heteroatoms. The third-order valence-electron chi connectivity index (χ3n) is 8.26. The molecule has 284 valence electrons. The van der Waals surface area contributed by atoms with Gasteiger partial charge in [-0.3, -0.25) is 14.9 Å². The van der Waals surface area contributed by atoms with Crippen molar-refractivity contribution in [2.45, 2.75) is 37.5 Å². The van der Waals surface area contributed by atoms with Crippen LogP contribution in [0.4, 0.5) is 39.8 Å². The fraction of sp³-hybridized carbons (Fsp3) is 0.103. The van der Waals surface area contributed by atoms with Crippen LogP contribution >= 0.6 is 24.1 Å². The van der Waals surface area contributed by atoms with Gasteiger partial charge in [-0.2, -0.15) is 34.2 Å². The number of phenolic OH excluding ortho intramolecular Hbond substituents is 1. The third kappa shape index (κ3) is 12.3. The van der Waals surface area contributed by atoms with Gasteiger partial charge in [0, 0.05) is 21.5 Å². The average molecular weight is 836 g/mol. The summed E-state index contributed by atoms with van der Waals surface area (Å²) >= 11 is 1.40. The predicted molar refractivity (Wildman–Crippen MR) is 207 cm³/mol. The van der Waals surface area contributed by atoms with Gasteiger partial charge in [-0.15, -0.1) is 5.11 Å². The maximum absolute atomic E-state index is 12.8. The van der Waals surface area contributed by atoms with Crippen LogP contribution in [0.1, 0.15) is 32.6 Å². The first-order valence-corrected chi connectivity index (χ1v) is 18.1. The van der Waals surface area contributed by atoms with Crippen molar-refractivity contribution in [1.29, 1.82) is 0 Å². The number of nitrogens with zero attached hydrogens (tertiary/aromatic N) is 6. The minimum absolute atomic E-state index is 0. The fourth-order valence-electron chi connectivity index (χ4n) is 5.40. The van der Waals surface area contributed by atoms with Crippen molar-refractivity contribution in [3.8, 4) is 5.75 Å². The summed E-state index contributed by atoms with van der Waals surface area (Å²) in [5.74, 6) is -0.405. The number of rotatable bonds is 14. The van der Waals surface area contributed by atoms with E-state index in [2.05, 4.69) is 54.7 Å². The zero-order chi connectivity index (χ0) is 39.6. The van der Waals surface area contributed by atoms with Crippen molar-refractivity contribution < 1.29 is 98.3 Å². The Kier molecular flexibility index (Phi) is 18.1. The van der Waals surface area contributed by atoms with E-state index >= 15 is 0 Å². The summed E-state index contributed by atoms with van der Waals surface area (Å²) in [7, 11) is 0. The van der Waals surface area contributed by atoms with Crippen LogP contribution in [0, 0.1) is 27.7 Å². The van der Waals surface area contributed by atoms with E-state index in [9.17, 15) is 20.4 Å². The van der Waals surface area contributed by atoms with E-state index in [-0.39, 0.29) is 76.5 Å². The van der Waals surface area contributed by atoms with E-state index in [0.29, 0.717) is 66.9 Å². The molecule has 0 aliphatic carbocycles. The molecule has 0 spiro atoms. The number of amides is 1. The van der Waals surface area contributed by atoms with Gasteiger partial charge in [0.2, 0.25) is 0 Å². The van der Waals surface area contributed by atoms with Crippen molar-refractivity contribution in [2.75, 3.05) is 5.32 Å². The summed E-state index contributed by atoms with van der Waals surface area (Å²) in [6.07, 6.45) is 0. The zero-order valence-corrected chi connectivity index (χ0v) is 37.8. The summed E-state index contributed by atoms with van der Waals surface area (Å²) < 4.78 is 8.85. The van der Waals surface area contributed by atoms with Gasteiger partial charge in [0.15, 0.2) is 5.75 Å². The number of aromatic hydroxyl groups is 1. The fourth-order valence-corrected chi connectivity index (χ4v) is 6.34. The molecule has 1 amide bonds. The number of aryl methyl sites for hydroxylation is 4. The Balaban J connectivity index is 0.00000372. The second kappa shape index (κ2) is 22.5. The second-order valence-corrected chi connectivity index (χ2v) is 13.8. The Labute approximate surface area is 385 Å². The smallest absolute Gasteiger partial charge is 0.691 e. The van der Waals surface area contributed by atoms with Gasteiger partial charge in [0.1, 0.15) is 5.69 Å². The number of anilines is 1. The van der Waals surface area contributed by atoms with E-state index in [1.54, 1.807) is 84.9 Å². The van der Waals surface area contributed by atoms with Crippen LogP contribution in [0.15, 0.2) is 144 Å². The Morgan fingerprint density at radius 1 is 0.621 bits per heavy atom. The van der Waals surface area contributed by atoms with Crippen LogP contribution < -0.4 is 74.9 Å². The summed E-state index contributed by atoms with van der Waals surface area (Å²) in [5, 5.41) is 68.7. The molecule has 0 radical (unpaired) electrons. The number of nitrogens with one attached hydrogen (secondary N) is 1. The topological polar surface area (TPSA) is 207 Å². The first-order valence-electron chi connectivity index (χ1n) is 16.6. The van der Waals surface area contributed by atoms with Crippen LogP contribution in [-0.4, -0.2) is 11.0 Å². The molecule has 2 N–H and O–H groups in total. The van der Waals surface area contributed by atoms with E-state index in [1.807, 2.05) is 45.9 Å². The van der Waals surface area contributed by atoms with E-state index < -0.39 is 0 Å². The van der Waals surface area contributed by atoms with Crippen molar-refractivity contribution in [3.05, 3.63) is 131 Å². The quantitative estimate of drug-likeness (QED) is 0.0507. The molecule has 6 rings (SSSR count). The maximum Gasteiger partial charge on any atom is 1.00 e. The summed E-state index contributed by atoms with van der Waals surface area (Å²) in [5.41, 5.74) is 7.51. The Bertz CT molecular complexity index is 2490. The molecule has 0 atom stereocenters. The Hall–Kier alpha value is -3.89. The first-order chi connectivity index (χ1) is 27.1. The van der Waals surface area contributed by atoms with Crippen molar-refractivity contribution >= 4 is 80.6 Å². The normalized spacial score (nSPS) is 11.3. The number of fused-ring (bicyclic) bond motifs is 1. The largest absolute Gasteiger partial charge is 1.00 e. The van der Waals surface area contributed by atoms with Gasteiger partial charge in [-0.1, -0.05) is 23.8 Å². The van der Waals surface area contributed by atoms with Gasteiger partial charge in [0.05, 0.1) is 57.4 Å². The molecule has 0 fully saturated rings. The van der Waals surface area contributed by atoms with E-state index in [0.717, 1.165) is 39.7 Å². The molecule has 58 heavy (non-hydrogen) atoms. The van der Waals surface area contributed by atoms with E-state index in [1.165, 1.54) is 0 Å². The van der Waals surface area contributed by atoms with Gasteiger partial charge < -0.3 is 20.9 Å². The third-order valence-corrected chi connectivity index (χ3v) is 9.45. The molecule has 0 aliphatic heterocycles. The van der Waals surface area contributed by atoms with Gasteiger partial charge >= 0.3 is 59.1 Å². The monoisotopic (exact) mass is 835 g/mol. The van der Waals surface area contributed by atoms with Crippen LogP contribution in [-0.2, 0) is 18.7 Å². The molecule has 0 bridgehead atoms. The Morgan fingerprint density at radius 2 is 1.21 bits per heavy atom. The van der Waals surface area contributed by atoms with Crippen LogP contribution in [0.5, 0.6) is 5.75 Å². The average Bonchev–Trinajstić information content (AvgIpc) is 3.19. The van der Waals surface area contributed by atoms with Crippen molar-refractivity contribution in [2.24, 2.45) is 30.7 Å². The van der Waals surface area contributed by atoms with Gasteiger partial charge in [-0.05, 0) is 135 Å². The number of hydrogen-bond acceptors (Lipinski definition) is 16. The van der Waals surface area contributed by atoms with Crippen LogP contribution in [0.2, 0.25) is 0 Å². The number of phenols is 1. The first kappa shape index (κ1) is 46.8. The number of azo groups is 3. The zero-order valence-electron chi connectivity index (χ0n) is 32.1. The molecule has 0 aromatic heterocycles. The standard InChI is InChI=1S/C39H33N7O8S2.2Na/c1-22-5-13-32-27(17-22)21-36(56-54-52-50)37(38(32)47)46-43-30-11-15-35(24(3)19-30)45-42-29-10-14-34(23(2)18-29)44-41-28-8-6-26(7-9-28)39(48)40-33-16-12-31(20-25(33)4)55-53-51-49;;/h5-21,47,49-50H,1-4H3,(H,40,48);;/q;2*+1/p-2. The summed E-state index contributed by atoms with van der Waals surface area (Å²) in [6, 6.07) is 29.8. The van der Waals surface area contributed by atoms with Crippen molar-refractivity contribution in [1.82, 2.24) is 0 Å². The summed E-state index contributed by atoms with van der Waals surface area (Å²) in [4.78, 5) is 13.8. The molecule has 6 aromatic rings. The predicted octanol–water partition coefficient (Wildman–Crippen LogP) is 4.75. The number of carbonyl (C=O) groups is 1. The van der Waals surface area contributed by atoms with E-state index in [4.69, 9.17) is 0 Å². The number of benzene rings is 6. The minimum atomic E-state index is -0.296.